The second-order valence-electron chi connectivity index (χ2n) is 4.33. The Morgan fingerprint density at radius 1 is 1.22 bits per heavy atom. The maximum Gasteiger partial charge on any atom is 0.140 e. The van der Waals surface area contributed by atoms with E-state index in [0.29, 0.717) is 12.2 Å². The predicted octanol–water partition coefficient (Wildman–Crippen LogP) is 3.18. The molecule has 90 valence electrons. The van der Waals surface area contributed by atoms with Gasteiger partial charge in [0.05, 0.1) is 0 Å². The second kappa shape index (κ2) is 5.33. The number of hydrogen-bond donors (Lipinski definition) is 1. The highest BCUT2D eigenvalue weighted by molar-refractivity contribution is 5.52. The zero-order chi connectivity index (χ0) is 13.0. The number of anilines is 1. The highest BCUT2D eigenvalue weighted by atomic mass is 14.9. The van der Waals surface area contributed by atoms with Crippen LogP contribution < -0.4 is 5.32 Å². The summed E-state index contributed by atoms with van der Waals surface area (Å²) in [6.07, 6.45) is 1.66. The van der Waals surface area contributed by atoms with Crippen molar-refractivity contribution < 1.29 is 0 Å². The van der Waals surface area contributed by atoms with Crippen LogP contribution in [0.2, 0.25) is 0 Å². The number of nitrogens with one attached hydrogen (secondary N) is 1. The third-order valence-electron chi connectivity index (χ3n) is 2.80. The number of hydrogen-bond acceptors (Lipinski definition) is 3. The van der Waals surface area contributed by atoms with Gasteiger partial charge in [-0.3, -0.25) is 0 Å². The molecule has 0 atom stereocenters. The second-order valence-corrected chi connectivity index (χ2v) is 4.33. The van der Waals surface area contributed by atoms with Gasteiger partial charge in [-0.2, -0.15) is 5.26 Å². The van der Waals surface area contributed by atoms with Gasteiger partial charge in [0.2, 0.25) is 0 Å². The molecular weight excluding hydrogens is 222 g/mol. The fraction of sp³-hybridized carbons (Fsp3) is 0.200. The fourth-order valence-electron chi connectivity index (χ4n) is 1.85. The van der Waals surface area contributed by atoms with Crippen LogP contribution in [0.1, 0.15) is 22.4 Å². The van der Waals surface area contributed by atoms with Gasteiger partial charge in [-0.05, 0) is 43.2 Å². The van der Waals surface area contributed by atoms with Gasteiger partial charge in [-0.25, -0.2) is 4.98 Å². The molecule has 3 heteroatoms. The normalized spacial score (nSPS) is 9.83. The minimum absolute atomic E-state index is 0.454. The molecule has 1 aromatic carbocycles. The predicted molar refractivity (Wildman–Crippen MR) is 72.2 cm³/mol. The molecule has 0 aliphatic heterocycles. The average Bonchev–Trinajstić information content (AvgIpc) is 2.38. The minimum Gasteiger partial charge on any atom is -0.381 e. The first-order valence-corrected chi connectivity index (χ1v) is 5.85. The summed E-state index contributed by atoms with van der Waals surface area (Å²) in [4.78, 5) is 3.95. The lowest BCUT2D eigenvalue weighted by Crippen LogP contribution is -2.01. The van der Waals surface area contributed by atoms with Crippen molar-refractivity contribution in [3.8, 4) is 6.07 Å². The van der Waals surface area contributed by atoms with Crippen molar-refractivity contribution in [1.29, 1.82) is 5.26 Å². The molecule has 0 spiro atoms. The summed E-state index contributed by atoms with van der Waals surface area (Å²) >= 11 is 0. The van der Waals surface area contributed by atoms with Crippen molar-refractivity contribution in [2.24, 2.45) is 0 Å². The van der Waals surface area contributed by atoms with Crippen molar-refractivity contribution >= 4 is 5.69 Å². The number of aryl methyl sites for hydroxylation is 2. The summed E-state index contributed by atoms with van der Waals surface area (Å²) in [5.74, 6) is 0. The molecule has 2 aromatic rings. The fourth-order valence-corrected chi connectivity index (χ4v) is 1.85. The van der Waals surface area contributed by atoms with Crippen molar-refractivity contribution in [3.05, 3.63) is 58.9 Å². The van der Waals surface area contributed by atoms with Crippen LogP contribution in [0.4, 0.5) is 5.69 Å². The van der Waals surface area contributed by atoms with E-state index in [9.17, 15) is 0 Å². The molecule has 0 aliphatic rings. The summed E-state index contributed by atoms with van der Waals surface area (Å²) in [7, 11) is 0. The van der Waals surface area contributed by atoms with Crippen LogP contribution in [0.15, 0.2) is 36.5 Å². The van der Waals surface area contributed by atoms with Gasteiger partial charge >= 0.3 is 0 Å². The van der Waals surface area contributed by atoms with Crippen LogP contribution in [0.3, 0.4) is 0 Å². The Bertz CT molecular complexity index is 597. The molecule has 1 heterocycles. The maximum atomic E-state index is 8.79. The molecule has 0 aliphatic carbocycles. The van der Waals surface area contributed by atoms with Crippen LogP contribution in [0.5, 0.6) is 0 Å². The van der Waals surface area contributed by atoms with Crippen LogP contribution in [-0.4, -0.2) is 4.98 Å². The maximum absolute atomic E-state index is 8.79. The number of rotatable bonds is 3. The van der Waals surface area contributed by atoms with Crippen molar-refractivity contribution in [1.82, 2.24) is 4.98 Å². The third kappa shape index (κ3) is 2.86. The molecule has 3 nitrogen and oxygen atoms in total. The van der Waals surface area contributed by atoms with Gasteiger partial charge in [0, 0.05) is 18.4 Å². The molecule has 2 rings (SSSR count). The van der Waals surface area contributed by atoms with Gasteiger partial charge in [-0.15, -0.1) is 0 Å². The van der Waals surface area contributed by atoms with E-state index in [1.807, 2.05) is 12.1 Å². The lowest BCUT2D eigenvalue weighted by molar-refractivity contribution is 1.11. The summed E-state index contributed by atoms with van der Waals surface area (Å²) in [6, 6.07) is 12.1. The van der Waals surface area contributed by atoms with Crippen molar-refractivity contribution in [3.63, 3.8) is 0 Å². The Labute approximate surface area is 107 Å². The van der Waals surface area contributed by atoms with Gasteiger partial charge in [-0.1, -0.05) is 17.7 Å². The molecule has 0 radical (unpaired) electrons. The minimum atomic E-state index is 0.454. The highest BCUT2D eigenvalue weighted by Crippen LogP contribution is 2.17. The van der Waals surface area contributed by atoms with E-state index in [2.05, 4.69) is 42.3 Å². The first-order valence-electron chi connectivity index (χ1n) is 5.85. The molecule has 0 bridgehead atoms. The molecule has 1 N–H and O–H groups in total. The van der Waals surface area contributed by atoms with Crippen LogP contribution in [0, 0.1) is 25.2 Å². The summed E-state index contributed by atoms with van der Waals surface area (Å²) in [5.41, 5.74) is 5.12. The van der Waals surface area contributed by atoms with Crippen LogP contribution in [-0.2, 0) is 6.54 Å². The zero-order valence-electron chi connectivity index (χ0n) is 10.6. The Hall–Kier alpha value is -2.34. The smallest absolute Gasteiger partial charge is 0.140 e. The first kappa shape index (κ1) is 12.1. The number of nitriles is 1. The lowest BCUT2D eigenvalue weighted by atomic mass is 10.1. The molecule has 1 aromatic heterocycles. The van der Waals surface area contributed by atoms with Gasteiger partial charge < -0.3 is 5.32 Å². The summed E-state index contributed by atoms with van der Waals surface area (Å²) < 4.78 is 0. The number of nitrogens with zero attached hydrogens (tertiary/aromatic N) is 2. The number of aromatic nitrogens is 1. The van der Waals surface area contributed by atoms with E-state index < -0.39 is 0 Å². The van der Waals surface area contributed by atoms with E-state index in [1.165, 1.54) is 11.1 Å². The zero-order valence-corrected chi connectivity index (χ0v) is 10.6. The van der Waals surface area contributed by atoms with E-state index in [4.69, 9.17) is 5.26 Å². The summed E-state index contributed by atoms with van der Waals surface area (Å²) in [6.45, 7) is 4.86. The topological polar surface area (TPSA) is 48.7 Å². The third-order valence-corrected chi connectivity index (χ3v) is 2.80. The van der Waals surface area contributed by atoms with E-state index in [-0.39, 0.29) is 0 Å². The molecule has 0 unspecified atom stereocenters. The first-order chi connectivity index (χ1) is 8.69. The monoisotopic (exact) mass is 237 g/mol. The quantitative estimate of drug-likeness (QED) is 0.891. The van der Waals surface area contributed by atoms with Crippen molar-refractivity contribution in [2.45, 2.75) is 20.4 Å². The molecule has 0 fully saturated rings. The Kier molecular flexibility index (Phi) is 3.59. The highest BCUT2D eigenvalue weighted by Gasteiger charge is 2.00. The molecule has 18 heavy (non-hydrogen) atoms. The standard InChI is InChI=1S/C15H15N3/c1-11-3-4-15(12(2)7-11)18-10-13-5-6-17-14(8-13)9-16/h3-8,18H,10H2,1-2H3. The Morgan fingerprint density at radius 2 is 2.06 bits per heavy atom. The number of pyridine rings is 1. The van der Waals surface area contributed by atoms with Gasteiger partial charge in [0.25, 0.3) is 0 Å². The van der Waals surface area contributed by atoms with Gasteiger partial charge in [0.1, 0.15) is 11.8 Å². The Morgan fingerprint density at radius 3 is 2.78 bits per heavy atom. The average molecular weight is 237 g/mol. The van der Waals surface area contributed by atoms with Crippen molar-refractivity contribution in [2.75, 3.05) is 5.32 Å². The van der Waals surface area contributed by atoms with Crippen LogP contribution in [0.25, 0.3) is 0 Å². The van der Waals surface area contributed by atoms with Crippen LogP contribution >= 0.6 is 0 Å². The number of benzene rings is 1. The molecule has 0 saturated carbocycles. The van der Waals surface area contributed by atoms with Gasteiger partial charge in [0.15, 0.2) is 0 Å². The lowest BCUT2D eigenvalue weighted by Gasteiger charge is -2.10. The largest absolute Gasteiger partial charge is 0.381 e. The SMILES string of the molecule is Cc1ccc(NCc2ccnc(C#N)c2)c(C)c1. The van der Waals surface area contributed by atoms with E-state index in [0.717, 1.165) is 11.3 Å². The molecule has 0 saturated heterocycles. The molecule has 0 amide bonds. The van der Waals surface area contributed by atoms with E-state index >= 15 is 0 Å². The van der Waals surface area contributed by atoms with E-state index in [1.54, 1.807) is 12.3 Å². The molecular formula is C15H15N3. The Balaban J connectivity index is 2.09. The summed E-state index contributed by atoms with van der Waals surface area (Å²) in [5, 5.41) is 12.2.